The molecule has 4 heteroatoms. The Morgan fingerprint density at radius 3 is 2.73 bits per heavy atom. The first kappa shape index (κ1) is 6.52. The minimum atomic E-state index is 0.907. The standard InChI is InChI=1S/C7H10N4/c1-2-4-11(3-1)7-5-8-6-9-10-7/h5-6H,1-4H2. The summed E-state index contributed by atoms with van der Waals surface area (Å²) in [6.45, 7) is 2.20. The molecule has 1 aromatic heterocycles. The number of hydrogen-bond donors (Lipinski definition) is 0. The van der Waals surface area contributed by atoms with Gasteiger partial charge in [0.05, 0.1) is 6.20 Å². The maximum Gasteiger partial charge on any atom is 0.169 e. The van der Waals surface area contributed by atoms with Gasteiger partial charge < -0.3 is 4.90 Å². The topological polar surface area (TPSA) is 41.9 Å². The van der Waals surface area contributed by atoms with Crippen LogP contribution < -0.4 is 4.90 Å². The Bertz CT molecular complexity index is 217. The zero-order valence-corrected chi connectivity index (χ0v) is 6.27. The first-order valence-electron chi connectivity index (χ1n) is 3.84. The van der Waals surface area contributed by atoms with Gasteiger partial charge in [0.25, 0.3) is 0 Å². The van der Waals surface area contributed by atoms with Gasteiger partial charge in [-0.15, -0.1) is 10.2 Å². The van der Waals surface area contributed by atoms with Crippen LogP contribution in [0.5, 0.6) is 0 Å². The quantitative estimate of drug-likeness (QED) is 0.583. The largest absolute Gasteiger partial charge is 0.354 e. The second-order valence-electron chi connectivity index (χ2n) is 2.66. The maximum atomic E-state index is 3.97. The highest BCUT2D eigenvalue weighted by Crippen LogP contribution is 2.14. The molecule has 1 aromatic rings. The minimum absolute atomic E-state index is 0.907. The highest BCUT2D eigenvalue weighted by atomic mass is 15.3. The van der Waals surface area contributed by atoms with E-state index in [4.69, 9.17) is 0 Å². The molecule has 0 unspecified atom stereocenters. The summed E-state index contributed by atoms with van der Waals surface area (Å²) in [6.07, 6.45) is 5.74. The lowest BCUT2D eigenvalue weighted by Crippen LogP contribution is -2.19. The molecule has 0 N–H and O–H groups in total. The average Bonchev–Trinajstić information content (AvgIpc) is 2.58. The van der Waals surface area contributed by atoms with Crippen LogP contribution in [0.3, 0.4) is 0 Å². The second kappa shape index (κ2) is 2.82. The van der Waals surface area contributed by atoms with Crippen molar-refractivity contribution in [3.8, 4) is 0 Å². The van der Waals surface area contributed by atoms with Crippen LogP contribution in [0.4, 0.5) is 5.82 Å². The van der Waals surface area contributed by atoms with Crippen molar-refractivity contribution in [2.24, 2.45) is 0 Å². The Kier molecular flexibility index (Phi) is 1.67. The molecule has 0 bridgehead atoms. The number of anilines is 1. The maximum absolute atomic E-state index is 3.97. The summed E-state index contributed by atoms with van der Waals surface area (Å²) < 4.78 is 0. The first-order valence-corrected chi connectivity index (χ1v) is 3.84. The van der Waals surface area contributed by atoms with Gasteiger partial charge in [0, 0.05) is 13.1 Å². The van der Waals surface area contributed by atoms with E-state index in [0.717, 1.165) is 18.9 Å². The molecule has 2 heterocycles. The van der Waals surface area contributed by atoms with Gasteiger partial charge in [0.1, 0.15) is 6.33 Å². The first-order chi connectivity index (χ1) is 5.47. The minimum Gasteiger partial charge on any atom is -0.354 e. The van der Waals surface area contributed by atoms with Crippen LogP contribution in [-0.2, 0) is 0 Å². The van der Waals surface area contributed by atoms with E-state index in [1.807, 2.05) is 0 Å². The smallest absolute Gasteiger partial charge is 0.169 e. The summed E-state index contributed by atoms with van der Waals surface area (Å²) in [7, 11) is 0. The van der Waals surface area contributed by atoms with Crippen molar-refractivity contribution in [3.63, 3.8) is 0 Å². The molecule has 0 saturated carbocycles. The van der Waals surface area contributed by atoms with Crippen LogP contribution in [0.1, 0.15) is 12.8 Å². The van der Waals surface area contributed by atoms with Gasteiger partial charge in [-0.05, 0) is 12.8 Å². The molecule has 58 valence electrons. The monoisotopic (exact) mass is 150 g/mol. The molecule has 0 aromatic carbocycles. The molecule has 0 spiro atoms. The van der Waals surface area contributed by atoms with E-state index in [9.17, 15) is 0 Å². The fourth-order valence-electron chi connectivity index (χ4n) is 1.33. The van der Waals surface area contributed by atoms with Crippen molar-refractivity contribution in [3.05, 3.63) is 12.5 Å². The Morgan fingerprint density at radius 1 is 1.27 bits per heavy atom. The van der Waals surface area contributed by atoms with Crippen LogP contribution in [0, 0.1) is 0 Å². The molecule has 2 rings (SSSR count). The molecule has 1 aliphatic heterocycles. The summed E-state index contributed by atoms with van der Waals surface area (Å²) in [4.78, 5) is 6.12. The van der Waals surface area contributed by atoms with E-state index in [2.05, 4.69) is 20.1 Å². The van der Waals surface area contributed by atoms with Gasteiger partial charge in [-0.25, -0.2) is 4.98 Å². The van der Waals surface area contributed by atoms with Crippen LogP contribution in [-0.4, -0.2) is 28.3 Å². The summed E-state index contributed by atoms with van der Waals surface area (Å²) >= 11 is 0. The van der Waals surface area contributed by atoms with Crippen molar-refractivity contribution in [2.45, 2.75) is 12.8 Å². The lowest BCUT2D eigenvalue weighted by Gasteiger charge is -2.13. The van der Waals surface area contributed by atoms with Crippen LogP contribution in [0.15, 0.2) is 12.5 Å². The average molecular weight is 150 g/mol. The van der Waals surface area contributed by atoms with E-state index in [0.29, 0.717) is 0 Å². The molecule has 0 radical (unpaired) electrons. The molecular formula is C7H10N4. The number of nitrogens with zero attached hydrogens (tertiary/aromatic N) is 4. The van der Waals surface area contributed by atoms with Crippen LogP contribution in [0.25, 0.3) is 0 Å². The molecule has 0 aliphatic carbocycles. The van der Waals surface area contributed by atoms with Crippen molar-refractivity contribution in [1.29, 1.82) is 0 Å². The van der Waals surface area contributed by atoms with E-state index in [1.165, 1.54) is 19.2 Å². The molecular weight excluding hydrogens is 140 g/mol. The van der Waals surface area contributed by atoms with E-state index in [-0.39, 0.29) is 0 Å². The summed E-state index contributed by atoms with van der Waals surface area (Å²) in [6, 6.07) is 0. The van der Waals surface area contributed by atoms with Gasteiger partial charge in [-0.3, -0.25) is 0 Å². The fourth-order valence-corrected chi connectivity index (χ4v) is 1.33. The number of hydrogen-bond acceptors (Lipinski definition) is 4. The normalized spacial score (nSPS) is 17.3. The number of aromatic nitrogens is 3. The van der Waals surface area contributed by atoms with Crippen LogP contribution >= 0.6 is 0 Å². The molecule has 0 atom stereocenters. The van der Waals surface area contributed by atoms with E-state index >= 15 is 0 Å². The highest BCUT2D eigenvalue weighted by Gasteiger charge is 2.12. The van der Waals surface area contributed by atoms with E-state index < -0.39 is 0 Å². The summed E-state index contributed by atoms with van der Waals surface area (Å²) in [5.41, 5.74) is 0. The summed E-state index contributed by atoms with van der Waals surface area (Å²) in [5, 5.41) is 7.70. The lowest BCUT2D eigenvalue weighted by molar-refractivity contribution is 0.869. The van der Waals surface area contributed by atoms with Crippen molar-refractivity contribution in [2.75, 3.05) is 18.0 Å². The summed E-state index contributed by atoms with van der Waals surface area (Å²) in [5.74, 6) is 0.907. The Balaban J connectivity index is 2.16. The van der Waals surface area contributed by atoms with Gasteiger partial charge in [-0.1, -0.05) is 0 Å². The third-order valence-electron chi connectivity index (χ3n) is 1.90. The predicted octanol–water partition coefficient (Wildman–Crippen LogP) is 0.472. The van der Waals surface area contributed by atoms with Gasteiger partial charge in [-0.2, -0.15) is 0 Å². The SMILES string of the molecule is c1ncc(N2CCCC2)nn1. The highest BCUT2D eigenvalue weighted by molar-refractivity contribution is 5.34. The molecule has 4 nitrogen and oxygen atoms in total. The molecule has 1 aliphatic rings. The Morgan fingerprint density at radius 2 is 2.09 bits per heavy atom. The van der Waals surface area contributed by atoms with Gasteiger partial charge in [0.15, 0.2) is 5.82 Å². The van der Waals surface area contributed by atoms with Gasteiger partial charge in [0.2, 0.25) is 0 Å². The lowest BCUT2D eigenvalue weighted by atomic mass is 10.4. The third kappa shape index (κ3) is 1.29. The van der Waals surface area contributed by atoms with Crippen molar-refractivity contribution in [1.82, 2.24) is 15.2 Å². The molecule has 1 fully saturated rings. The van der Waals surface area contributed by atoms with Gasteiger partial charge >= 0.3 is 0 Å². The van der Waals surface area contributed by atoms with E-state index in [1.54, 1.807) is 6.20 Å². The zero-order valence-electron chi connectivity index (χ0n) is 6.27. The number of rotatable bonds is 1. The Hall–Kier alpha value is -1.19. The van der Waals surface area contributed by atoms with Crippen LogP contribution in [0.2, 0.25) is 0 Å². The zero-order chi connectivity index (χ0) is 7.52. The fraction of sp³-hybridized carbons (Fsp3) is 0.571. The van der Waals surface area contributed by atoms with Crippen molar-refractivity contribution >= 4 is 5.82 Å². The third-order valence-corrected chi connectivity index (χ3v) is 1.90. The molecule has 0 amide bonds. The second-order valence-corrected chi connectivity index (χ2v) is 2.66. The predicted molar refractivity (Wildman–Crippen MR) is 41.3 cm³/mol. The Labute approximate surface area is 65.3 Å². The molecule has 1 saturated heterocycles. The molecule has 11 heavy (non-hydrogen) atoms. The van der Waals surface area contributed by atoms with Crippen molar-refractivity contribution < 1.29 is 0 Å².